The van der Waals surface area contributed by atoms with Crippen LogP contribution in [0.1, 0.15) is 41.3 Å². The van der Waals surface area contributed by atoms with Crippen molar-refractivity contribution >= 4 is 29.0 Å². The van der Waals surface area contributed by atoms with Crippen LogP contribution in [0.15, 0.2) is 90.6 Å². The minimum atomic E-state index is -0.432. The van der Waals surface area contributed by atoms with Crippen LogP contribution in [0.5, 0.6) is 0 Å². The first-order valence-electron chi connectivity index (χ1n) is 11.8. The summed E-state index contributed by atoms with van der Waals surface area (Å²) in [5, 5.41) is 23.2. The summed E-state index contributed by atoms with van der Waals surface area (Å²) in [6.45, 7) is 8.59. The van der Waals surface area contributed by atoms with E-state index in [1.54, 1.807) is 18.2 Å². The molecule has 37 heavy (non-hydrogen) atoms. The maximum Gasteiger partial charge on any atom is 0.269 e. The molecule has 1 amide bonds. The average molecular weight is 514 g/mol. The smallest absolute Gasteiger partial charge is 0.269 e. The van der Waals surface area contributed by atoms with Gasteiger partial charge in [0, 0.05) is 41.2 Å². The number of amides is 1. The molecule has 0 aliphatic rings. The molecule has 0 saturated carbocycles. The van der Waals surface area contributed by atoms with Crippen molar-refractivity contribution in [1.29, 1.82) is 0 Å². The lowest BCUT2D eigenvalue weighted by Gasteiger charge is -2.09. The fraction of sp³-hybridized carbons (Fsp3) is 0.179. The normalized spacial score (nSPS) is 10.9. The number of hydrogen-bond donors (Lipinski definition) is 1. The predicted octanol–water partition coefficient (Wildman–Crippen LogP) is 6.71. The van der Waals surface area contributed by atoms with Crippen LogP contribution in [-0.4, -0.2) is 25.6 Å². The molecule has 9 heteroatoms. The summed E-state index contributed by atoms with van der Waals surface area (Å²) in [5.41, 5.74) is 4.36. The van der Waals surface area contributed by atoms with Gasteiger partial charge in [-0.15, -0.1) is 16.8 Å². The fourth-order valence-corrected chi connectivity index (χ4v) is 4.59. The van der Waals surface area contributed by atoms with Gasteiger partial charge in [0.2, 0.25) is 0 Å². The van der Waals surface area contributed by atoms with Crippen molar-refractivity contribution in [3.63, 3.8) is 0 Å². The van der Waals surface area contributed by atoms with Gasteiger partial charge >= 0.3 is 0 Å². The SMILES string of the molecule is C=CCn1c(SCc2ccc(C(=O)Nc3ccc(C(C)C)cc3)cc2)nnc1-c1ccc([N+](=O)[O-])cc1. The van der Waals surface area contributed by atoms with Gasteiger partial charge < -0.3 is 5.32 Å². The van der Waals surface area contributed by atoms with Gasteiger partial charge in [-0.1, -0.05) is 56.0 Å². The molecule has 0 atom stereocenters. The molecular weight excluding hydrogens is 486 g/mol. The molecule has 0 saturated heterocycles. The maximum atomic E-state index is 12.7. The highest BCUT2D eigenvalue weighted by Gasteiger charge is 2.15. The number of benzene rings is 3. The van der Waals surface area contributed by atoms with Gasteiger partial charge in [0.1, 0.15) is 0 Å². The minimum Gasteiger partial charge on any atom is -0.322 e. The average Bonchev–Trinajstić information content (AvgIpc) is 3.30. The van der Waals surface area contributed by atoms with E-state index >= 15 is 0 Å². The second-order valence-corrected chi connectivity index (χ2v) is 9.67. The summed E-state index contributed by atoms with van der Waals surface area (Å²) >= 11 is 1.52. The number of nitro groups is 1. The van der Waals surface area contributed by atoms with Crippen molar-refractivity contribution in [3.8, 4) is 11.4 Å². The first kappa shape index (κ1) is 25.8. The predicted molar refractivity (Wildman–Crippen MR) is 147 cm³/mol. The number of nitrogens with one attached hydrogen (secondary N) is 1. The second kappa shape index (κ2) is 11.7. The second-order valence-electron chi connectivity index (χ2n) is 8.73. The third-order valence-electron chi connectivity index (χ3n) is 5.78. The maximum absolute atomic E-state index is 12.7. The zero-order chi connectivity index (χ0) is 26.4. The fourth-order valence-electron chi connectivity index (χ4n) is 3.69. The molecular formula is C28H27N5O3S. The van der Waals surface area contributed by atoms with Gasteiger partial charge in [-0.3, -0.25) is 19.5 Å². The van der Waals surface area contributed by atoms with Crippen molar-refractivity contribution in [2.24, 2.45) is 0 Å². The number of allylic oxidation sites excluding steroid dienone is 1. The monoisotopic (exact) mass is 513 g/mol. The van der Waals surface area contributed by atoms with Crippen molar-refractivity contribution in [2.45, 2.75) is 37.2 Å². The summed E-state index contributed by atoms with van der Waals surface area (Å²) in [7, 11) is 0. The van der Waals surface area contributed by atoms with Crippen LogP contribution in [0, 0.1) is 10.1 Å². The van der Waals surface area contributed by atoms with Crippen LogP contribution >= 0.6 is 11.8 Å². The number of aromatic nitrogens is 3. The molecule has 1 aromatic heterocycles. The van der Waals surface area contributed by atoms with Gasteiger partial charge in [0.05, 0.1) is 4.92 Å². The Hall–Kier alpha value is -4.24. The molecule has 0 unspecified atom stereocenters. The Labute approximate surface area is 219 Å². The minimum absolute atomic E-state index is 0.0225. The summed E-state index contributed by atoms with van der Waals surface area (Å²) < 4.78 is 1.92. The highest BCUT2D eigenvalue weighted by Crippen LogP contribution is 2.28. The topological polar surface area (TPSA) is 103 Å². The van der Waals surface area contributed by atoms with Gasteiger partial charge in [-0.2, -0.15) is 0 Å². The molecule has 0 spiro atoms. The summed E-state index contributed by atoms with van der Waals surface area (Å²) in [4.78, 5) is 23.2. The van der Waals surface area contributed by atoms with E-state index in [1.807, 2.05) is 53.1 Å². The van der Waals surface area contributed by atoms with Gasteiger partial charge in [0.25, 0.3) is 11.6 Å². The van der Waals surface area contributed by atoms with Crippen molar-refractivity contribution < 1.29 is 9.72 Å². The number of nitro benzene ring substituents is 1. The molecule has 188 valence electrons. The number of carbonyl (C=O) groups excluding carboxylic acids is 1. The Balaban J connectivity index is 1.41. The van der Waals surface area contributed by atoms with Crippen molar-refractivity contribution in [1.82, 2.24) is 14.8 Å². The van der Waals surface area contributed by atoms with Crippen LogP contribution in [0.4, 0.5) is 11.4 Å². The highest BCUT2D eigenvalue weighted by atomic mass is 32.2. The first-order valence-corrected chi connectivity index (χ1v) is 12.8. The number of rotatable bonds is 10. The number of carbonyl (C=O) groups is 1. The molecule has 4 rings (SSSR count). The molecule has 8 nitrogen and oxygen atoms in total. The van der Waals surface area contributed by atoms with E-state index in [-0.39, 0.29) is 11.6 Å². The molecule has 0 aliphatic heterocycles. The van der Waals surface area contributed by atoms with Crippen LogP contribution in [0.2, 0.25) is 0 Å². The Morgan fingerprint density at radius 1 is 1.05 bits per heavy atom. The third-order valence-corrected chi connectivity index (χ3v) is 6.82. The van der Waals surface area contributed by atoms with Crippen molar-refractivity contribution in [3.05, 3.63) is 112 Å². The Morgan fingerprint density at radius 2 is 1.73 bits per heavy atom. The van der Waals surface area contributed by atoms with E-state index in [1.165, 1.54) is 29.5 Å². The van der Waals surface area contributed by atoms with E-state index in [9.17, 15) is 14.9 Å². The lowest BCUT2D eigenvalue weighted by molar-refractivity contribution is -0.384. The summed E-state index contributed by atoms with van der Waals surface area (Å²) in [6.07, 6.45) is 1.76. The van der Waals surface area contributed by atoms with Crippen LogP contribution < -0.4 is 5.32 Å². The lowest BCUT2D eigenvalue weighted by atomic mass is 10.0. The van der Waals surface area contributed by atoms with E-state index in [4.69, 9.17) is 0 Å². The van der Waals surface area contributed by atoms with E-state index < -0.39 is 4.92 Å². The van der Waals surface area contributed by atoms with Crippen LogP contribution in [0.25, 0.3) is 11.4 Å². The van der Waals surface area contributed by atoms with Gasteiger partial charge in [-0.25, -0.2) is 0 Å². The number of hydrogen-bond acceptors (Lipinski definition) is 6. The van der Waals surface area contributed by atoms with Crippen molar-refractivity contribution in [2.75, 3.05) is 5.32 Å². The molecule has 0 bridgehead atoms. The van der Waals surface area contributed by atoms with Crippen LogP contribution in [-0.2, 0) is 12.3 Å². The molecule has 4 aromatic rings. The van der Waals surface area contributed by atoms with E-state index in [0.29, 0.717) is 34.8 Å². The third kappa shape index (κ3) is 6.31. The zero-order valence-corrected chi connectivity index (χ0v) is 21.4. The standard InChI is InChI=1S/C28H27N5O3S/c1-4-17-32-26(22-11-15-25(16-12-22)33(35)36)30-31-28(32)37-18-20-5-7-23(8-6-20)27(34)29-24-13-9-21(10-14-24)19(2)3/h4-16,19H,1,17-18H2,2-3H3,(H,29,34). The Kier molecular flexibility index (Phi) is 8.15. The van der Waals surface area contributed by atoms with Gasteiger partial charge in [0.15, 0.2) is 11.0 Å². The quantitative estimate of drug-likeness (QED) is 0.109. The molecule has 0 aliphatic carbocycles. The highest BCUT2D eigenvalue weighted by molar-refractivity contribution is 7.98. The lowest BCUT2D eigenvalue weighted by Crippen LogP contribution is -2.11. The largest absolute Gasteiger partial charge is 0.322 e. The molecule has 0 fully saturated rings. The van der Waals surface area contributed by atoms with E-state index in [2.05, 4.69) is 35.9 Å². The first-order chi connectivity index (χ1) is 17.9. The summed E-state index contributed by atoms with van der Waals surface area (Å²) in [5.74, 6) is 1.53. The number of anilines is 1. The summed E-state index contributed by atoms with van der Waals surface area (Å²) in [6, 6.07) is 21.6. The van der Waals surface area contributed by atoms with E-state index in [0.717, 1.165) is 16.8 Å². The number of non-ortho nitro benzene ring substituents is 1. The number of nitrogens with zero attached hydrogens (tertiary/aromatic N) is 4. The zero-order valence-electron chi connectivity index (χ0n) is 20.6. The molecule has 0 radical (unpaired) electrons. The molecule has 1 N–H and O–H groups in total. The molecule has 1 heterocycles. The Bertz CT molecular complexity index is 1400. The van der Waals surface area contributed by atoms with Crippen LogP contribution in [0.3, 0.4) is 0 Å². The van der Waals surface area contributed by atoms with Gasteiger partial charge in [-0.05, 0) is 53.4 Å². The Morgan fingerprint density at radius 3 is 2.32 bits per heavy atom. The number of thioether (sulfide) groups is 1. The molecule has 3 aromatic carbocycles.